The molecular formula is C29H32Cl2N6O. The zero-order chi connectivity index (χ0) is 27.1. The van der Waals surface area contributed by atoms with Crippen molar-refractivity contribution in [3.63, 3.8) is 0 Å². The quantitative estimate of drug-likeness (QED) is 0.424. The number of aryl methyl sites for hydroxylation is 1. The summed E-state index contributed by atoms with van der Waals surface area (Å²) in [4.78, 5) is 19.3. The fraction of sp³-hybridized carbons (Fsp3) is 0.414. The van der Waals surface area contributed by atoms with E-state index in [0.717, 1.165) is 36.4 Å². The first-order valence-corrected chi connectivity index (χ1v) is 13.7. The van der Waals surface area contributed by atoms with Crippen LogP contribution in [-0.4, -0.2) is 53.3 Å². The Balaban J connectivity index is 1.40. The first kappa shape index (κ1) is 27.8. The molecule has 1 amide bonds. The maximum absolute atomic E-state index is 12.9. The van der Waals surface area contributed by atoms with Gasteiger partial charge in [0.05, 0.1) is 0 Å². The van der Waals surface area contributed by atoms with Crippen molar-refractivity contribution in [2.24, 2.45) is 0 Å². The standard InChI is InChI=1S/C29H32Cl2N6O/c1-21-5-6-22(19-35-8-3-2-4-9-35)15-27(21)34-28(38)7-10-36-11-12-37(29(36)24(17-32)18-33)20-23-13-25(30)16-26(31)14-23/h5-6,13-16H,2-4,7-12,19-20H2,1H3,(H,34,38). The molecule has 2 aromatic carbocycles. The summed E-state index contributed by atoms with van der Waals surface area (Å²) in [6, 6.07) is 15.6. The zero-order valence-corrected chi connectivity index (χ0v) is 23.2. The minimum atomic E-state index is -0.0990. The minimum absolute atomic E-state index is 0.0253. The van der Waals surface area contributed by atoms with Crippen LogP contribution in [0, 0.1) is 29.6 Å². The van der Waals surface area contributed by atoms with Gasteiger partial charge in [0.15, 0.2) is 5.57 Å². The molecule has 198 valence electrons. The van der Waals surface area contributed by atoms with Crippen LogP contribution in [0.2, 0.25) is 10.0 Å². The van der Waals surface area contributed by atoms with Gasteiger partial charge >= 0.3 is 0 Å². The van der Waals surface area contributed by atoms with E-state index in [9.17, 15) is 15.3 Å². The Labute approximate surface area is 234 Å². The number of hydrogen-bond acceptors (Lipinski definition) is 6. The Hall–Kier alpha value is -3.23. The average molecular weight is 552 g/mol. The fourth-order valence-corrected chi connectivity index (χ4v) is 5.69. The molecule has 0 saturated carbocycles. The molecule has 0 aromatic heterocycles. The lowest BCUT2D eigenvalue weighted by Crippen LogP contribution is -2.29. The number of hydrogen-bond donors (Lipinski definition) is 1. The number of nitrogens with one attached hydrogen (secondary N) is 1. The van der Waals surface area contributed by atoms with Gasteiger partial charge in [0.25, 0.3) is 0 Å². The van der Waals surface area contributed by atoms with Crippen molar-refractivity contribution < 1.29 is 4.79 Å². The van der Waals surface area contributed by atoms with Crippen molar-refractivity contribution in [2.45, 2.75) is 45.7 Å². The van der Waals surface area contributed by atoms with E-state index >= 15 is 0 Å². The minimum Gasteiger partial charge on any atom is -0.354 e. The second-order valence-corrected chi connectivity index (χ2v) is 10.8. The third kappa shape index (κ3) is 7.20. The number of allylic oxidation sites excluding steroid dienone is 1. The predicted octanol–water partition coefficient (Wildman–Crippen LogP) is 5.69. The van der Waals surface area contributed by atoms with Crippen molar-refractivity contribution in [1.29, 1.82) is 10.5 Å². The summed E-state index contributed by atoms with van der Waals surface area (Å²) in [6.07, 6.45) is 4.02. The monoisotopic (exact) mass is 550 g/mol. The summed E-state index contributed by atoms with van der Waals surface area (Å²) in [5.41, 5.74) is 3.95. The highest BCUT2D eigenvalue weighted by Crippen LogP contribution is 2.27. The average Bonchev–Trinajstić information content (AvgIpc) is 3.27. The van der Waals surface area contributed by atoms with Crippen LogP contribution >= 0.6 is 23.2 Å². The van der Waals surface area contributed by atoms with Gasteiger partial charge in [-0.1, -0.05) is 41.8 Å². The zero-order valence-electron chi connectivity index (χ0n) is 21.6. The van der Waals surface area contributed by atoms with Crippen LogP contribution in [0.5, 0.6) is 0 Å². The van der Waals surface area contributed by atoms with Crippen molar-refractivity contribution in [3.05, 3.63) is 74.5 Å². The van der Waals surface area contributed by atoms with E-state index in [4.69, 9.17) is 23.2 Å². The third-order valence-electron chi connectivity index (χ3n) is 7.02. The van der Waals surface area contributed by atoms with Crippen molar-refractivity contribution in [2.75, 3.05) is 38.0 Å². The molecule has 1 N–H and O–H groups in total. The topological polar surface area (TPSA) is 86.4 Å². The van der Waals surface area contributed by atoms with E-state index in [1.54, 1.807) is 6.07 Å². The molecule has 9 heteroatoms. The number of carbonyl (C=O) groups is 1. The number of amides is 1. The first-order chi connectivity index (χ1) is 18.4. The number of piperidine rings is 1. The smallest absolute Gasteiger partial charge is 0.226 e. The molecule has 0 radical (unpaired) electrons. The molecule has 0 bridgehead atoms. The van der Waals surface area contributed by atoms with E-state index < -0.39 is 0 Å². The normalized spacial score (nSPS) is 15.8. The molecule has 2 heterocycles. The molecule has 2 saturated heterocycles. The van der Waals surface area contributed by atoms with Crippen LogP contribution in [0.25, 0.3) is 0 Å². The van der Waals surface area contributed by atoms with Gasteiger partial charge in [-0.3, -0.25) is 9.69 Å². The second-order valence-electron chi connectivity index (χ2n) is 9.89. The van der Waals surface area contributed by atoms with Crippen LogP contribution in [0.4, 0.5) is 5.69 Å². The molecule has 2 aliphatic heterocycles. The lowest BCUT2D eigenvalue weighted by Gasteiger charge is -2.26. The lowest BCUT2D eigenvalue weighted by molar-refractivity contribution is -0.116. The van der Waals surface area contributed by atoms with Crippen LogP contribution in [0.15, 0.2) is 47.8 Å². The summed E-state index contributed by atoms with van der Waals surface area (Å²) < 4.78 is 0. The summed E-state index contributed by atoms with van der Waals surface area (Å²) in [5.74, 6) is 0.441. The SMILES string of the molecule is Cc1ccc(CN2CCCCC2)cc1NC(=O)CCN1CCN(Cc2cc(Cl)cc(Cl)c2)C1=C(C#N)C#N. The fourth-order valence-electron chi connectivity index (χ4n) is 5.12. The molecule has 38 heavy (non-hydrogen) atoms. The Morgan fingerprint density at radius 2 is 1.58 bits per heavy atom. The first-order valence-electron chi connectivity index (χ1n) is 13.0. The van der Waals surface area contributed by atoms with Crippen LogP contribution < -0.4 is 5.32 Å². The number of halogens is 2. The summed E-state index contributed by atoms with van der Waals surface area (Å²) in [6.45, 7) is 7.20. The Morgan fingerprint density at radius 1 is 0.895 bits per heavy atom. The van der Waals surface area contributed by atoms with Gasteiger partial charge in [-0.2, -0.15) is 10.5 Å². The maximum atomic E-state index is 12.9. The molecule has 4 rings (SSSR count). The summed E-state index contributed by atoms with van der Waals surface area (Å²) in [5, 5.41) is 23.4. The molecule has 0 unspecified atom stereocenters. The van der Waals surface area contributed by atoms with Gasteiger partial charge in [-0.05, 0) is 73.8 Å². The third-order valence-corrected chi connectivity index (χ3v) is 7.46. The number of carbonyl (C=O) groups excluding carboxylic acids is 1. The number of nitriles is 2. The van der Waals surface area contributed by atoms with Gasteiger partial charge in [0, 0.05) is 54.9 Å². The van der Waals surface area contributed by atoms with Crippen molar-refractivity contribution >= 4 is 34.8 Å². The van der Waals surface area contributed by atoms with Gasteiger partial charge in [0.2, 0.25) is 5.91 Å². The van der Waals surface area contributed by atoms with E-state index in [0.29, 0.717) is 42.0 Å². The van der Waals surface area contributed by atoms with E-state index in [-0.39, 0.29) is 17.9 Å². The Morgan fingerprint density at radius 3 is 2.26 bits per heavy atom. The highest BCUT2D eigenvalue weighted by atomic mass is 35.5. The number of likely N-dealkylation sites (tertiary alicyclic amines) is 1. The molecule has 2 aliphatic rings. The van der Waals surface area contributed by atoms with Crippen LogP contribution in [0.3, 0.4) is 0 Å². The predicted molar refractivity (Wildman–Crippen MR) is 150 cm³/mol. The van der Waals surface area contributed by atoms with Crippen molar-refractivity contribution in [3.8, 4) is 12.1 Å². The molecule has 0 aliphatic carbocycles. The van der Waals surface area contributed by atoms with Gasteiger partial charge < -0.3 is 15.1 Å². The van der Waals surface area contributed by atoms with Crippen LogP contribution in [0.1, 0.15) is 42.4 Å². The van der Waals surface area contributed by atoms with Crippen LogP contribution in [-0.2, 0) is 17.9 Å². The van der Waals surface area contributed by atoms with E-state index in [1.165, 1.54) is 24.8 Å². The highest BCUT2D eigenvalue weighted by molar-refractivity contribution is 6.34. The molecule has 0 atom stereocenters. The molecule has 0 spiro atoms. The maximum Gasteiger partial charge on any atom is 0.226 e. The molecule has 7 nitrogen and oxygen atoms in total. The molecule has 2 aromatic rings. The van der Waals surface area contributed by atoms with Gasteiger partial charge in [0.1, 0.15) is 18.0 Å². The van der Waals surface area contributed by atoms with Gasteiger partial charge in [-0.15, -0.1) is 0 Å². The van der Waals surface area contributed by atoms with E-state index in [1.807, 2.05) is 41.0 Å². The van der Waals surface area contributed by atoms with Crippen molar-refractivity contribution in [1.82, 2.24) is 14.7 Å². The number of rotatable bonds is 8. The van der Waals surface area contributed by atoms with Gasteiger partial charge in [-0.25, -0.2) is 0 Å². The largest absolute Gasteiger partial charge is 0.354 e. The Kier molecular flexibility index (Phi) is 9.53. The number of benzene rings is 2. The highest BCUT2D eigenvalue weighted by Gasteiger charge is 2.29. The number of anilines is 1. The number of nitrogens with zero attached hydrogens (tertiary/aromatic N) is 5. The second kappa shape index (κ2) is 13.0. The summed E-state index contributed by atoms with van der Waals surface area (Å²) in [7, 11) is 0. The molecule has 2 fully saturated rings. The Bertz CT molecular complexity index is 1250. The lowest BCUT2D eigenvalue weighted by atomic mass is 10.1. The van der Waals surface area contributed by atoms with E-state index in [2.05, 4.69) is 28.4 Å². The molecular weight excluding hydrogens is 519 g/mol. The summed E-state index contributed by atoms with van der Waals surface area (Å²) >= 11 is 12.3.